The first kappa shape index (κ1) is 17.5. The number of carbonyl (C=O) groups excluding carboxylic acids is 1. The summed E-state index contributed by atoms with van der Waals surface area (Å²) in [4.78, 5) is 14.2. The summed E-state index contributed by atoms with van der Waals surface area (Å²) in [6.07, 6.45) is 0. The van der Waals surface area contributed by atoms with E-state index >= 15 is 0 Å². The third-order valence-electron chi connectivity index (χ3n) is 2.78. The van der Waals surface area contributed by atoms with E-state index in [-0.39, 0.29) is 11.2 Å². The molecule has 0 aliphatic rings. The minimum Gasteiger partial charge on any atom is -0.358 e. The van der Waals surface area contributed by atoms with Crippen molar-refractivity contribution in [2.24, 2.45) is 0 Å². The predicted octanol–water partition coefficient (Wildman–Crippen LogP) is 4.14. The van der Waals surface area contributed by atoms with Gasteiger partial charge in [-0.15, -0.1) is 0 Å². The van der Waals surface area contributed by atoms with Crippen molar-refractivity contribution >= 4 is 55.8 Å². The highest BCUT2D eigenvalue weighted by atomic mass is 79.9. The van der Waals surface area contributed by atoms with Gasteiger partial charge in [-0.25, -0.2) is 0 Å². The summed E-state index contributed by atoms with van der Waals surface area (Å²) in [6, 6.07) is 7.52. The van der Waals surface area contributed by atoms with Crippen LogP contribution in [-0.2, 0) is 4.79 Å². The van der Waals surface area contributed by atoms with Crippen molar-refractivity contribution in [1.29, 1.82) is 0 Å². The van der Waals surface area contributed by atoms with Crippen molar-refractivity contribution in [2.45, 2.75) is 26.0 Å². The summed E-state index contributed by atoms with van der Waals surface area (Å²) in [6.45, 7) is 7.72. The zero-order valence-corrected chi connectivity index (χ0v) is 15.1. The first-order chi connectivity index (χ1) is 9.47. The van der Waals surface area contributed by atoms with Gasteiger partial charge in [0.2, 0.25) is 5.91 Å². The Morgan fingerprint density at radius 3 is 2.40 bits per heavy atom. The van der Waals surface area contributed by atoms with E-state index < -0.39 is 0 Å². The molecule has 0 saturated heterocycles. The fourth-order valence-corrected chi connectivity index (χ4v) is 3.37. The number of carbonyl (C=O) groups is 1. The maximum Gasteiger partial charge on any atom is 0.237 e. The minimum absolute atomic E-state index is 0.0353. The molecule has 1 rings (SSSR count). The van der Waals surface area contributed by atoms with Crippen LogP contribution in [0.4, 0.5) is 5.69 Å². The second-order valence-corrected chi connectivity index (χ2v) is 7.08. The fourth-order valence-electron chi connectivity index (χ4n) is 1.54. The molecule has 1 N–H and O–H groups in total. The highest BCUT2D eigenvalue weighted by Gasteiger charge is 2.18. The van der Waals surface area contributed by atoms with Crippen LogP contribution in [0.2, 0.25) is 0 Å². The molecular formula is C14H19BrN2OS2. The van der Waals surface area contributed by atoms with Crippen LogP contribution in [0, 0.1) is 0 Å². The highest BCUT2D eigenvalue weighted by molar-refractivity contribution is 9.10. The van der Waals surface area contributed by atoms with E-state index in [1.165, 1.54) is 11.8 Å². The van der Waals surface area contributed by atoms with Crippen LogP contribution < -0.4 is 5.32 Å². The molecule has 1 aromatic rings. The smallest absolute Gasteiger partial charge is 0.237 e. The van der Waals surface area contributed by atoms with Crippen LogP contribution in [-0.4, -0.2) is 33.5 Å². The number of thiocarbonyl (C=S) groups is 1. The number of benzene rings is 1. The molecule has 3 nitrogen and oxygen atoms in total. The Labute approximate surface area is 138 Å². The third-order valence-corrected chi connectivity index (χ3v) is 4.88. The van der Waals surface area contributed by atoms with Gasteiger partial charge in [-0.1, -0.05) is 39.9 Å². The predicted molar refractivity (Wildman–Crippen MR) is 95.3 cm³/mol. The third kappa shape index (κ3) is 5.42. The molecule has 0 spiro atoms. The summed E-state index contributed by atoms with van der Waals surface area (Å²) < 4.78 is 1.76. The van der Waals surface area contributed by atoms with Gasteiger partial charge in [0.1, 0.15) is 4.32 Å². The lowest BCUT2D eigenvalue weighted by molar-refractivity contribution is -0.115. The van der Waals surface area contributed by atoms with E-state index in [0.717, 1.165) is 27.6 Å². The van der Waals surface area contributed by atoms with E-state index in [0.29, 0.717) is 0 Å². The maximum atomic E-state index is 12.1. The van der Waals surface area contributed by atoms with Crippen molar-refractivity contribution in [1.82, 2.24) is 4.90 Å². The first-order valence-corrected chi connectivity index (χ1v) is 8.58. The topological polar surface area (TPSA) is 32.3 Å². The van der Waals surface area contributed by atoms with Crippen LogP contribution in [0.15, 0.2) is 28.7 Å². The Morgan fingerprint density at radius 1 is 1.35 bits per heavy atom. The Kier molecular flexibility index (Phi) is 7.55. The average molecular weight is 375 g/mol. The van der Waals surface area contributed by atoms with Crippen molar-refractivity contribution in [3.63, 3.8) is 0 Å². The molecule has 0 heterocycles. The highest BCUT2D eigenvalue weighted by Crippen LogP contribution is 2.19. The van der Waals surface area contributed by atoms with Crippen molar-refractivity contribution in [2.75, 3.05) is 18.4 Å². The van der Waals surface area contributed by atoms with Crippen molar-refractivity contribution in [3.05, 3.63) is 28.7 Å². The molecule has 110 valence electrons. The van der Waals surface area contributed by atoms with Gasteiger partial charge in [0.05, 0.1) is 5.25 Å². The van der Waals surface area contributed by atoms with Crippen LogP contribution in [0.5, 0.6) is 0 Å². The standard InChI is InChI=1S/C14H19BrN2OS2/c1-4-17(5-2)14(19)20-10(3)13(18)16-12-8-6-11(15)7-9-12/h6-10H,4-5H2,1-3H3,(H,16,18). The van der Waals surface area contributed by atoms with Crippen molar-refractivity contribution in [3.8, 4) is 0 Å². The molecule has 1 amide bonds. The van der Waals surface area contributed by atoms with E-state index in [2.05, 4.69) is 40.0 Å². The SMILES string of the molecule is CCN(CC)C(=S)SC(C)C(=O)Nc1ccc(Br)cc1. The van der Waals surface area contributed by atoms with Crippen LogP contribution >= 0.6 is 39.9 Å². The number of rotatable bonds is 5. The van der Waals surface area contributed by atoms with Gasteiger partial charge < -0.3 is 10.2 Å². The Morgan fingerprint density at radius 2 is 1.90 bits per heavy atom. The maximum absolute atomic E-state index is 12.1. The number of halogens is 1. The Balaban J connectivity index is 2.54. The molecule has 1 atom stereocenters. The van der Waals surface area contributed by atoms with E-state index in [4.69, 9.17) is 12.2 Å². The second-order valence-electron chi connectivity index (χ2n) is 4.19. The summed E-state index contributed by atoms with van der Waals surface area (Å²) in [5.74, 6) is -0.0353. The summed E-state index contributed by atoms with van der Waals surface area (Å²) in [7, 11) is 0. The first-order valence-electron chi connectivity index (χ1n) is 6.49. The zero-order chi connectivity index (χ0) is 15.1. The van der Waals surface area contributed by atoms with Gasteiger partial charge in [0.15, 0.2) is 0 Å². The molecule has 0 aliphatic heterocycles. The lowest BCUT2D eigenvalue weighted by Gasteiger charge is -2.22. The monoisotopic (exact) mass is 374 g/mol. The number of anilines is 1. The molecule has 20 heavy (non-hydrogen) atoms. The Hall–Kier alpha value is -0.590. The molecule has 1 aromatic carbocycles. The summed E-state index contributed by atoms with van der Waals surface area (Å²) >= 11 is 10.1. The lowest BCUT2D eigenvalue weighted by atomic mass is 10.3. The number of hydrogen-bond donors (Lipinski definition) is 1. The molecule has 0 aromatic heterocycles. The van der Waals surface area contributed by atoms with E-state index in [1.54, 1.807) is 0 Å². The van der Waals surface area contributed by atoms with Gasteiger partial charge in [-0.2, -0.15) is 0 Å². The summed E-state index contributed by atoms with van der Waals surface area (Å²) in [5, 5.41) is 2.67. The number of thioether (sulfide) groups is 1. The zero-order valence-electron chi connectivity index (χ0n) is 11.9. The van der Waals surface area contributed by atoms with Crippen molar-refractivity contribution < 1.29 is 4.79 Å². The lowest BCUT2D eigenvalue weighted by Crippen LogP contribution is -2.31. The number of amides is 1. The molecule has 0 radical (unpaired) electrons. The second kappa shape index (κ2) is 8.64. The molecule has 0 saturated carbocycles. The number of nitrogens with one attached hydrogen (secondary N) is 1. The molecule has 0 bridgehead atoms. The quantitative estimate of drug-likeness (QED) is 0.785. The largest absolute Gasteiger partial charge is 0.358 e. The minimum atomic E-state index is -0.216. The van der Waals surface area contributed by atoms with Gasteiger partial charge >= 0.3 is 0 Å². The van der Waals surface area contributed by atoms with Crippen LogP contribution in [0.3, 0.4) is 0 Å². The van der Waals surface area contributed by atoms with Gasteiger partial charge in [-0.3, -0.25) is 4.79 Å². The normalized spacial score (nSPS) is 11.8. The number of nitrogens with zero attached hydrogens (tertiary/aromatic N) is 1. The molecule has 6 heteroatoms. The molecule has 1 unspecified atom stereocenters. The summed E-state index contributed by atoms with van der Waals surface area (Å²) in [5.41, 5.74) is 0.791. The van der Waals surface area contributed by atoms with Crippen LogP contribution in [0.1, 0.15) is 20.8 Å². The van der Waals surface area contributed by atoms with Crippen LogP contribution in [0.25, 0.3) is 0 Å². The molecule has 0 fully saturated rings. The fraction of sp³-hybridized carbons (Fsp3) is 0.429. The Bertz CT molecular complexity index is 461. The van der Waals surface area contributed by atoms with Gasteiger partial charge in [0.25, 0.3) is 0 Å². The molecular weight excluding hydrogens is 356 g/mol. The van der Waals surface area contributed by atoms with E-state index in [9.17, 15) is 4.79 Å². The van der Waals surface area contributed by atoms with Gasteiger partial charge in [-0.05, 0) is 45.0 Å². The average Bonchev–Trinajstić information content (AvgIpc) is 2.42. The van der Waals surface area contributed by atoms with Gasteiger partial charge in [0, 0.05) is 23.2 Å². The molecule has 0 aliphatic carbocycles. The number of hydrogen-bond acceptors (Lipinski definition) is 3. The van der Waals surface area contributed by atoms with E-state index in [1.807, 2.05) is 31.2 Å².